The molecule has 0 rings (SSSR count). The standard InChI is InChI=1S/2C2H6O3S.Mn.H2O/c2*1-2-6(3,4)5;;/h2*2H2,1H3,(H,3,4,5);;1H2/q;;+2;/p-2. The maximum atomic E-state index is 9.44. The van der Waals surface area contributed by atoms with E-state index >= 15 is 0 Å². The van der Waals surface area contributed by atoms with Crippen LogP contribution in [0.4, 0.5) is 0 Å². The summed E-state index contributed by atoms with van der Waals surface area (Å²) in [5.41, 5.74) is 0. The Morgan fingerprint density at radius 3 is 0.929 bits per heavy atom. The first-order valence-electron chi connectivity index (χ1n) is 2.99. The minimum Gasteiger partial charge on any atom is -0.748 e. The smallest absolute Gasteiger partial charge is 0.748 e. The molecular weight excluding hydrogens is 279 g/mol. The first-order valence-corrected chi connectivity index (χ1v) is 6.15. The van der Waals surface area contributed by atoms with E-state index in [1.54, 1.807) is 0 Å². The number of hydrogen-bond donors (Lipinski definition) is 0. The van der Waals surface area contributed by atoms with Crippen LogP contribution in [0.25, 0.3) is 0 Å². The summed E-state index contributed by atoms with van der Waals surface area (Å²) in [5, 5.41) is 0. The fourth-order valence-corrected chi connectivity index (χ4v) is 0. The minimum absolute atomic E-state index is 0. The van der Waals surface area contributed by atoms with E-state index in [1.165, 1.54) is 13.8 Å². The molecule has 1 radical (unpaired) electrons. The predicted molar refractivity (Wildman–Crippen MR) is 44.1 cm³/mol. The van der Waals surface area contributed by atoms with Gasteiger partial charge in [-0.1, -0.05) is 13.8 Å². The van der Waals surface area contributed by atoms with Crippen LogP contribution in [0.1, 0.15) is 13.8 Å². The van der Waals surface area contributed by atoms with Crippen molar-refractivity contribution in [3.05, 3.63) is 0 Å². The Morgan fingerprint density at radius 1 is 0.857 bits per heavy atom. The molecule has 0 fully saturated rings. The fourth-order valence-electron chi connectivity index (χ4n) is 0. The molecule has 0 bridgehead atoms. The summed E-state index contributed by atoms with van der Waals surface area (Å²) >= 11 is 0. The van der Waals surface area contributed by atoms with Gasteiger partial charge in [-0.25, -0.2) is 16.8 Å². The van der Waals surface area contributed by atoms with Gasteiger partial charge in [0.2, 0.25) is 0 Å². The Balaban J connectivity index is -0.0000000625. The van der Waals surface area contributed by atoms with Gasteiger partial charge in [-0.3, -0.25) is 0 Å². The molecule has 89 valence electrons. The van der Waals surface area contributed by atoms with Gasteiger partial charge in [0.1, 0.15) is 0 Å². The summed E-state index contributed by atoms with van der Waals surface area (Å²) in [4.78, 5) is 0. The molecule has 0 aromatic heterocycles. The second kappa shape index (κ2) is 9.84. The van der Waals surface area contributed by atoms with Gasteiger partial charge in [0.25, 0.3) is 0 Å². The van der Waals surface area contributed by atoms with Gasteiger partial charge in [-0.15, -0.1) is 0 Å². The van der Waals surface area contributed by atoms with Crippen LogP contribution in [0.2, 0.25) is 0 Å². The van der Waals surface area contributed by atoms with Crippen molar-refractivity contribution in [1.82, 2.24) is 0 Å². The van der Waals surface area contributed by atoms with Crippen molar-refractivity contribution in [1.29, 1.82) is 0 Å². The molecule has 0 unspecified atom stereocenters. The third-order valence-corrected chi connectivity index (χ3v) is 2.12. The van der Waals surface area contributed by atoms with Crippen molar-refractivity contribution in [3.63, 3.8) is 0 Å². The quantitative estimate of drug-likeness (QED) is 0.436. The summed E-state index contributed by atoms with van der Waals surface area (Å²) in [7, 11) is -7.82. The zero-order valence-electron chi connectivity index (χ0n) is 7.56. The second-order valence-electron chi connectivity index (χ2n) is 1.69. The van der Waals surface area contributed by atoms with Crippen LogP contribution in [0.5, 0.6) is 0 Å². The molecule has 0 aromatic carbocycles. The molecule has 0 saturated carbocycles. The van der Waals surface area contributed by atoms with E-state index in [9.17, 15) is 25.9 Å². The van der Waals surface area contributed by atoms with Crippen molar-refractivity contribution < 1.29 is 48.5 Å². The fraction of sp³-hybridized carbons (Fsp3) is 1.00. The monoisotopic (exact) mass is 291 g/mol. The summed E-state index contributed by atoms with van der Waals surface area (Å²) in [6.45, 7) is 2.62. The van der Waals surface area contributed by atoms with Crippen LogP contribution >= 0.6 is 0 Å². The average Bonchev–Trinajstić information content (AvgIpc) is 1.86. The summed E-state index contributed by atoms with van der Waals surface area (Å²) in [6.07, 6.45) is 0. The summed E-state index contributed by atoms with van der Waals surface area (Å²) < 4.78 is 56.7. The van der Waals surface area contributed by atoms with Gasteiger partial charge >= 0.3 is 17.1 Å². The Hall–Kier alpha value is 0.299. The first kappa shape index (κ1) is 23.8. The maximum Gasteiger partial charge on any atom is 2.00 e. The zero-order valence-corrected chi connectivity index (χ0v) is 10.4. The minimum atomic E-state index is -3.91. The molecule has 7 nitrogen and oxygen atoms in total. The van der Waals surface area contributed by atoms with E-state index in [-0.39, 0.29) is 34.1 Å². The van der Waals surface area contributed by atoms with Crippen LogP contribution in [0.15, 0.2) is 0 Å². The van der Waals surface area contributed by atoms with Crippen LogP contribution in [0.3, 0.4) is 0 Å². The van der Waals surface area contributed by atoms with Crippen molar-refractivity contribution in [3.8, 4) is 0 Å². The molecule has 0 saturated heterocycles. The Kier molecular flexibility index (Phi) is 16.8. The topological polar surface area (TPSA) is 146 Å². The van der Waals surface area contributed by atoms with Crippen LogP contribution in [-0.2, 0) is 37.3 Å². The van der Waals surface area contributed by atoms with E-state index in [1.807, 2.05) is 0 Å². The molecule has 0 atom stereocenters. The predicted octanol–water partition coefficient (Wildman–Crippen LogP) is -1.72. The molecular formula is C4H12MnO7S2. The molecule has 14 heavy (non-hydrogen) atoms. The number of hydrogen-bond acceptors (Lipinski definition) is 6. The van der Waals surface area contributed by atoms with E-state index < -0.39 is 20.2 Å². The third-order valence-electron chi connectivity index (χ3n) is 0.707. The van der Waals surface area contributed by atoms with Crippen molar-refractivity contribution >= 4 is 20.2 Å². The summed E-state index contributed by atoms with van der Waals surface area (Å²) in [6, 6.07) is 0. The van der Waals surface area contributed by atoms with E-state index in [0.29, 0.717) is 0 Å². The van der Waals surface area contributed by atoms with Crippen LogP contribution in [-0.4, -0.2) is 42.9 Å². The molecule has 2 N–H and O–H groups in total. The third kappa shape index (κ3) is 39.6. The molecule has 0 aliphatic carbocycles. The molecule has 0 heterocycles. The molecule has 0 aliphatic heterocycles. The van der Waals surface area contributed by atoms with Gasteiger partial charge < -0.3 is 14.6 Å². The van der Waals surface area contributed by atoms with Gasteiger partial charge in [0.05, 0.1) is 20.2 Å². The molecule has 0 aromatic rings. The largest absolute Gasteiger partial charge is 2.00 e. The molecule has 0 amide bonds. The van der Waals surface area contributed by atoms with Crippen molar-refractivity contribution in [2.24, 2.45) is 0 Å². The van der Waals surface area contributed by atoms with E-state index in [0.717, 1.165) is 0 Å². The van der Waals surface area contributed by atoms with Gasteiger partial charge in [0.15, 0.2) is 0 Å². The van der Waals surface area contributed by atoms with E-state index in [4.69, 9.17) is 0 Å². The molecule has 0 aliphatic rings. The molecule has 0 spiro atoms. The molecule has 10 heteroatoms. The average molecular weight is 291 g/mol. The zero-order chi connectivity index (χ0) is 10.4. The Bertz CT molecular complexity index is 260. The van der Waals surface area contributed by atoms with Crippen molar-refractivity contribution in [2.45, 2.75) is 13.8 Å². The SMILES string of the molecule is CCS(=O)(=O)[O-].CCS(=O)(=O)[O-].O.[Mn+2]. The second-order valence-corrected chi connectivity index (χ2v) is 5.08. The summed E-state index contributed by atoms with van der Waals surface area (Å²) in [5.74, 6) is -0.625. The number of rotatable bonds is 2. The van der Waals surface area contributed by atoms with Gasteiger partial charge in [-0.2, -0.15) is 0 Å². The Labute approximate surface area is 94.2 Å². The van der Waals surface area contributed by atoms with Crippen molar-refractivity contribution in [2.75, 3.05) is 11.5 Å². The normalized spacial score (nSPS) is 10.0. The maximum absolute atomic E-state index is 9.44. The first-order chi connectivity index (χ1) is 5.12. The van der Waals surface area contributed by atoms with Gasteiger partial charge in [-0.05, 0) is 0 Å². The van der Waals surface area contributed by atoms with Gasteiger partial charge in [0, 0.05) is 11.5 Å². The van der Waals surface area contributed by atoms with Crippen LogP contribution < -0.4 is 0 Å². The Morgan fingerprint density at radius 2 is 0.929 bits per heavy atom. The van der Waals surface area contributed by atoms with E-state index in [2.05, 4.69) is 0 Å². The van der Waals surface area contributed by atoms with Crippen LogP contribution in [0, 0.1) is 0 Å².